The van der Waals surface area contributed by atoms with Crippen molar-refractivity contribution in [3.05, 3.63) is 0 Å². The Morgan fingerprint density at radius 2 is 2.09 bits per heavy atom. The smallest absolute Gasteiger partial charge is 0.153 e. The summed E-state index contributed by atoms with van der Waals surface area (Å²) >= 11 is 0. The number of hydrogen-bond donors (Lipinski definition) is 0. The lowest BCUT2D eigenvalue weighted by Crippen LogP contribution is -2.18. The summed E-state index contributed by atoms with van der Waals surface area (Å²) < 4.78 is 27.3. The Morgan fingerprint density at radius 3 is 2.45 bits per heavy atom. The fourth-order valence-corrected chi connectivity index (χ4v) is 2.93. The summed E-state index contributed by atoms with van der Waals surface area (Å²) in [5.74, 6) is 0.719. The zero-order chi connectivity index (χ0) is 8.48. The van der Waals surface area contributed by atoms with Crippen molar-refractivity contribution >= 4 is 9.84 Å². The maximum Gasteiger partial charge on any atom is 0.153 e. The van der Waals surface area contributed by atoms with E-state index in [1.54, 1.807) is 0 Å². The molecule has 0 amide bonds. The molecule has 1 rings (SSSR count). The summed E-state index contributed by atoms with van der Waals surface area (Å²) in [5.41, 5.74) is 0. The molecule has 0 radical (unpaired) electrons. The second kappa shape index (κ2) is 3.11. The fraction of sp³-hybridized carbons (Fsp3) is 1.00. The largest absolute Gasteiger partial charge is 0.372 e. The number of rotatable bonds is 4. The highest BCUT2D eigenvalue weighted by molar-refractivity contribution is 7.91. The zero-order valence-electron chi connectivity index (χ0n) is 6.91. The molecule has 0 aliphatic carbocycles. The van der Waals surface area contributed by atoms with Gasteiger partial charge in [-0.3, -0.25) is 0 Å². The minimum Gasteiger partial charge on any atom is -0.372 e. The molecule has 4 heteroatoms. The predicted octanol–water partition coefficient (Wildman–Crippen LogP) is 0.456. The zero-order valence-corrected chi connectivity index (χ0v) is 7.73. The quantitative estimate of drug-likeness (QED) is 0.587. The first kappa shape index (κ1) is 9.00. The van der Waals surface area contributed by atoms with Crippen LogP contribution >= 0.6 is 0 Å². The molecule has 11 heavy (non-hydrogen) atoms. The van der Waals surface area contributed by atoms with Gasteiger partial charge < -0.3 is 4.74 Å². The summed E-state index contributed by atoms with van der Waals surface area (Å²) in [4.78, 5) is 0. The Hall–Kier alpha value is -0.0900. The van der Waals surface area contributed by atoms with E-state index in [1.165, 1.54) is 0 Å². The van der Waals surface area contributed by atoms with E-state index >= 15 is 0 Å². The van der Waals surface area contributed by atoms with E-state index < -0.39 is 9.84 Å². The van der Waals surface area contributed by atoms with Gasteiger partial charge in [-0.05, 0) is 5.92 Å². The van der Waals surface area contributed by atoms with E-state index in [4.69, 9.17) is 4.74 Å². The van der Waals surface area contributed by atoms with Crippen LogP contribution in [0.4, 0.5) is 0 Å². The van der Waals surface area contributed by atoms with Crippen molar-refractivity contribution in [1.29, 1.82) is 0 Å². The minimum atomic E-state index is -2.84. The second-order valence-electron chi connectivity index (χ2n) is 3.43. The first-order chi connectivity index (χ1) is 4.99. The summed E-state index contributed by atoms with van der Waals surface area (Å²) in [6.07, 6.45) is -0.00116. The minimum absolute atomic E-state index is 0.00116. The van der Waals surface area contributed by atoms with Crippen molar-refractivity contribution in [2.45, 2.75) is 20.0 Å². The Kier molecular flexibility index (Phi) is 2.54. The molecule has 0 N–H and O–H groups in total. The van der Waals surface area contributed by atoms with Crippen LogP contribution in [0.1, 0.15) is 13.8 Å². The Labute approximate surface area is 67.7 Å². The lowest BCUT2D eigenvalue weighted by atomic mass is 10.3. The van der Waals surface area contributed by atoms with E-state index in [0.29, 0.717) is 6.61 Å². The number of sulfone groups is 1. The van der Waals surface area contributed by atoms with Crippen LogP contribution in [-0.4, -0.2) is 32.6 Å². The van der Waals surface area contributed by atoms with Crippen molar-refractivity contribution in [3.8, 4) is 0 Å². The van der Waals surface area contributed by atoms with Crippen LogP contribution in [0.15, 0.2) is 0 Å². The average molecular weight is 178 g/mol. The Morgan fingerprint density at radius 1 is 1.55 bits per heavy atom. The molecule has 0 saturated carbocycles. The molecule has 0 spiro atoms. The van der Waals surface area contributed by atoms with Crippen molar-refractivity contribution < 1.29 is 13.2 Å². The van der Waals surface area contributed by atoms with Crippen molar-refractivity contribution in [3.63, 3.8) is 0 Å². The van der Waals surface area contributed by atoms with E-state index in [0.717, 1.165) is 0 Å². The van der Waals surface area contributed by atoms with E-state index in [-0.39, 0.29) is 23.5 Å². The van der Waals surface area contributed by atoms with Gasteiger partial charge in [0.15, 0.2) is 9.84 Å². The number of epoxide rings is 1. The molecule has 1 unspecified atom stereocenters. The lowest BCUT2D eigenvalue weighted by molar-refractivity contribution is 0.422. The van der Waals surface area contributed by atoms with Gasteiger partial charge in [0.1, 0.15) is 0 Å². The van der Waals surface area contributed by atoms with Crippen LogP contribution in [0.5, 0.6) is 0 Å². The van der Waals surface area contributed by atoms with Crippen molar-refractivity contribution in [2.24, 2.45) is 5.92 Å². The number of hydrogen-bond acceptors (Lipinski definition) is 3. The monoisotopic (exact) mass is 178 g/mol. The van der Waals surface area contributed by atoms with E-state index in [1.807, 2.05) is 13.8 Å². The van der Waals surface area contributed by atoms with Crippen molar-refractivity contribution in [1.82, 2.24) is 0 Å². The summed E-state index contributed by atoms with van der Waals surface area (Å²) in [6, 6.07) is 0. The van der Waals surface area contributed by atoms with Gasteiger partial charge in [0, 0.05) is 0 Å². The molecule has 0 aromatic heterocycles. The molecule has 1 aliphatic heterocycles. The molecular formula is C7H14O3S. The fourth-order valence-electron chi connectivity index (χ4n) is 1.02. The Bertz CT molecular complexity index is 204. The standard InChI is InChI=1S/C7H14O3S/c1-6(2)4-11(8,9)5-7-3-10-7/h6-7H,3-5H2,1-2H3. The predicted molar refractivity (Wildman–Crippen MR) is 43.2 cm³/mol. The maximum absolute atomic E-state index is 11.2. The molecule has 1 aliphatic rings. The van der Waals surface area contributed by atoms with E-state index in [2.05, 4.69) is 0 Å². The van der Waals surface area contributed by atoms with Crippen LogP contribution < -0.4 is 0 Å². The third-order valence-electron chi connectivity index (χ3n) is 1.43. The van der Waals surface area contributed by atoms with Gasteiger partial charge in [-0.15, -0.1) is 0 Å². The van der Waals surface area contributed by atoms with Crippen LogP contribution in [0, 0.1) is 5.92 Å². The second-order valence-corrected chi connectivity index (χ2v) is 5.58. The van der Waals surface area contributed by atoms with Crippen LogP contribution in [0.25, 0.3) is 0 Å². The van der Waals surface area contributed by atoms with Crippen molar-refractivity contribution in [2.75, 3.05) is 18.1 Å². The Balaban J connectivity index is 2.38. The SMILES string of the molecule is CC(C)CS(=O)(=O)CC1CO1. The molecule has 0 aromatic carbocycles. The van der Waals surface area contributed by atoms with Crippen LogP contribution in [0.2, 0.25) is 0 Å². The van der Waals surface area contributed by atoms with Gasteiger partial charge in [0.25, 0.3) is 0 Å². The summed E-state index contributed by atoms with van der Waals surface area (Å²) in [7, 11) is -2.84. The van der Waals surface area contributed by atoms with Gasteiger partial charge in [-0.2, -0.15) is 0 Å². The molecule has 1 atom stereocenters. The lowest BCUT2D eigenvalue weighted by Gasteiger charge is -2.03. The average Bonchev–Trinajstić information content (AvgIpc) is 2.43. The molecule has 66 valence electrons. The highest BCUT2D eigenvalue weighted by Gasteiger charge is 2.29. The van der Waals surface area contributed by atoms with E-state index in [9.17, 15) is 8.42 Å². The molecule has 1 heterocycles. The molecule has 1 fully saturated rings. The summed E-state index contributed by atoms with van der Waals surface area (Å²) in [6.45, 7) is 4.44. The van der Waals surface area contributed by atoms with Gasteiger partial charge in [-0.1, -0.05) is 13.8 Å². The first-order valence-electron chi connectivity index (χ1n) is 3.81. The van der Waals surface area contributed by atoms with Gasteiger partial charge in [0.05, 0.1) is 24.2 Å². The highest BCUT2D eigenvalue weighted by Crippen LogP contribution is 2.13. The molecule has 0 bridgehead atoms. The number of ether oxygens (including phenoxy) is 1. The van der Waals surface area contributed by atoms with Gasteiger partial charge in [-0.25, -0.2) is 8.42 Å². The molecule has 0 aromatic rings. The molecule has 3 nitrogen and oxygen atoms in total. The topological polar surface area (TPSA) is 46.7 Å². The normalized spacial score (nSPS) is 24.1. The van der Waals surface area contributed by atoms with Gasteiger partial charge >= 0.3 is 0 Å². The maximum atomic E-state index is 11.2. The first-order valence-corrected chi connectivity index (χ1v) is 5.64. The third-order valence-corrected chi connectivity index (χ3v) is 3.48. The van der Waals surface area contributed by atoms with Gasteiger partial charge in [0.2, 0.25) is 0 Å². The highest BCUT2D eigenvalue weighted by atomic mass is 32.2. The van der Waals surface area contributed by atoms with Crippen LogP contribution in [-0.2, 0) is 14.6 Å². The molecule has 1 saturated heterocycles. The summed E-state index contributed by atoms with van der Waals surface area (Å²) in [5, 5.41) is 0. The molecular weight excluding hydrogens is 164 g/mol. The van der Waals surface area contributed by atoms with Crippen LogP contribution in [0.3, 0.4) is 0 Å². The third kappa shape index (κ3) is 3.72.